The van der Waals surface area contributed by atoms with Crippen LogP contribution < -0.4 is 0 Å². The van der Waals surface area contributed by atoms with Crippen molar-refractivity contribution in [3.8, 4) is 0 Å². The van der Waals surface area contributed by atoms with E-state index in [-0.39, 0.29) is 40.8 Å². The van der Waals surface area contributed by atoms with Crippen molar-refractivity contribution in [1.29, 1.82) is 0 Å². The van der Waals surface area contributed by atoms with Gasteiger partial charge in [-0.2, -0.15) is 0 Å². The molecule has 7 heteroatoms. The van der Waals surface area contributed by atoms with Crippen molar-refractivity contribution in [2.45, 2.75) is 330 Å². The molecule has 2 aliphatic carbocycles. The molecule has 0 aromatic rings. The second-order valence-electron chi connectivity index (χ2n) is 26.9. The Morgan fingerprint density at radius 3 is 1.39 bits per heavy atom. The molecule has 2 saturated carbocycles. The number of Topliss-reactive ketones (excluding diaryl/α,β-unsaturated/α-hetero) is 1. The first-order chi connectivity index (χ1) is 39.1. The van der Waals surface area contributed by atoms with E-state index in [1.807, 2.05) is 82.4 Å². The van der Waals surface area contributed by atoms with Gasteiger partial charge in [-0.3, -0.25) is 14.4 Å². The number of hydrogen-bond acceptors (Lipinski definition) is 7. The van der Waals surface area contributed by atoms with Crippen molar-refractivity contribution < 1.29 is 33.7 Å². The van der Waals surface area contributed by atoms with E-state index in [1.165, 1.54) is 135 Å². The molecule has 3 aliphatic rings. The van der Waals surface area contributed by atoms with Crippen LogP contribution in [0, 0.1) is 10.8 Å². The van der Waals surface area contributed by atoms with E-state index in [0.717, 1.165) is 60.8 Å². The number of rotatable bonds is 42. The third-order valence-electron chi connectivity index (χ3n) is 17.8. The maximum absolute atomic E-state index is 13.6. The van der Waals surface area contributed by atoms with Gasteiger partial charge in [-0.25, -0.2) is 0 Å². The summed E-state index contributed by atoms with van der Waals surface area (Å²) in [6, 6.07) is 0. The second-order valence-corrected chi connectivity index (χ2v) is 26.9. The van der Waals surface area contributed by atoms with Gasteiger partial charge < -0.3 is 19.3 Å². The predicted octanol–water partition coefficient (Wildman–Crippen LogP) is 21.1. The highest BCUT2D eigenvalue weighted by Gasteiger charge is 2.76. The molecule has 7 nitrogen and oxygen atoms in total. The standard InChI is InChI=1S/C75H120O7/c1-13-15-17-19-21-23-25-27-29-31-33-35-37-39-41-53-70(78)81-66-57-72(9,10)75(74(12,59-66)82-75)60-67(76)64(6)51-45-50-62(4)47-43-42-46-61(3)48-44-49-63(5)54-55-68-71(7,8)56-65(58-73(68,11)79)80-69(77)52-40-38-36-34-32-30-28-26-24-22-20-18-16-14-2/h27,29,42-51,54,65-66,79H,13-26,28,30-41,52-53,56-60H2,1-12H3/b29-27-,43-42+,48-44+,50-45+,61-46+,62-47+,63-49+,64-51+/t55?,65-,66-,73+,74+,75-/m0/s1. The fourth-order valence-electron chi connectivity index (χ4n) is 12.9. The Kier molecular flexibility index (Phi) is 34.2. The maximum atomic E-state index is 13.6. The first-order valence-corrected chi connectivity index (χ1v) is 33.3. The number of allylic oxidation sites excluding steroid dienone is 16. The summed E-state index contributed by atoms with van der Waals surface area (Å²) in [5.74, 6) is -0.184. The Hall–Kier alpha value is -4.03. The summed E-state index contributed by atoms with van der Waals surface area (Å²) in [5.41, 5.74) is 5.24. The number of unbranched alkanes of at least 4 members (excludes halogenated alkanes) is 24. The molecule has 0 amide bonds. The first kappa shape index (κ1) is 72.2. The van der Waals surface area contributed by atoms with Crippen LogP contribution in [0.1, 0.15) is 301 Å². The molecule has 1 N–H and O–H groups in total. The Bertz CT molecular complexity index is 2210. The lowest BCUT2D eigenvalue weighted by molar-refractivity contribution is -0.156. The van der Waals surface area contributed by atoms with Crippen molar-refractivity contribution in [2.24, 2.45) is 10.8 Å². The van der Waals surface area contributed by atoms with E-state index in [1.54, 1.807) is 0 Å². The van der Waals surface area contributed by atoms with Gasteiger partial charge in [0, 0.05) is 43.1 Å². The van der Waals surface area contributed by atoms with Crippen molar-refractivity contribution in [2.75, 3.05) is 0 Å². The van der Waals surface area contributed by atoms with Crippen LogP contribution in [0.15, 0.2) is 113 Å². The summed E-state index contributed by atoms with van der Waals surface area (Å²) < 4.78 is 18.5. The van der Waals surface area contributed by atoms with E-state index in [0.29, 0.717) is 50.5 Å². The molecule has 1 heterocycles. The number of fused-ring (bicyclic) bond motifs is 1. The number of ketones is 1. The fourth-order valence-corrected chi connectivity index (χ4v) is 12.9. The van der Waals surface area contributed by atoms with E-state index >= 15 is 0 Å². The van der Waals surface area contributed by atoms with Crippen LogP contribution in [0.5, 0.6) is 0 Å². The topological polar surface area (TPSA) is 102 Å². The Morgan fingerprint density at radius 1 is 0.524 bits per heavy atom. The summed E-state index contributed by atoms with van der Waals surface area (Å²) in [5, 5.41) is 11.6. The molecule has 0 aromatic carbocycles. The maximum Gasteiger partial charge on any atom is 0.306 e. The molecule has 82 heavy (non-hydrogen) atoms. The minimum Gasteiger partial charge on any atom is -0.462 e. The van der Waals surface area contributed by atoms with E-state index in [4.69, 9.17) is 14.2 Å². The third kappa shape index (κ3) is 27.8. The molecular weight excluding hydrogens is 1010 g/mol. The second kappa shape index (κ2) is 38.8. The molecule has 0 unspecified atom stereocenters. The van der Waals surface area contributed by atoms with Crippen molar-refractivity contribution >= 4 is 17.7 Å². The molecule has 3 rings (SSSR count). The monoisotopic (exact) mass is 1130 g/mol. The zero-order valence-electron chi connectivity index (χ0n) is 54.6. The van der Waals surface area contributed by atoms with Gasteiger partial charge in [-0.05, 0) is 116 Å². The lowest BCUT2D eigenvalue weighted by Gasteiger charge is -2.44. The number of aliphatic hydroxyl groups is 1. The van der Waals surface area contributed by atoms with Crippen LogP contribution >= 0.6 is 0 Å². The summed E-state index contributed by atoms with van der Waals surface area (Å²) in [7, 11) is 0. The highest BCUT2D eigenvalue weighted by atomic mass is 16.6. The summed E-state index contributed by atoms with van der Waals surface area (Å²) in [4.78, 5) is 39.4. The van der Waals surface area contributed by atoms with Crippen LogP contribution in [-0.4, -0.2) is 51.8 Å². The van der Waals surface area contributed by atoms with Gasteiger partial charge in [-0.1, -0.05) is 260 Å². The van der Waals surface area contributed by atoms with Gasteiger partial charge in [0.25, 0.3) is 0 Å². The zero-order valence-corrected chi connectivity index (χ0v) is 54.6. The van der Waals surface area contributed by atoms with E-state index in [9.17, 15) is 19.5 Å². The molecule has 0 radical (unpaired) electrons. The van der Waals surface area contributed by atoms with Crippen LogP contribution in [-0.2, 0) is 28.6 Å². The zero-order chi connectivity index (χ0) is 60.3. The van der Waals surface area contributed by atoms with E-state index in [2.05, 4.69) is 85.4 Å². The third-order valence-corrected chi connectivity index (χ3v) is 17.8. The fraction of sp³-hybridized carbons (Fsp3) is 0.707. The summed E-state index contributed by atoms with van der Waals surface area (Å²) in [6.07, 6.45) is 63.7. The number of carbonyl (C=O) groups is 3. The van der Waals surface area contributed by atoms with E-state index < -0.39 is 16.8 Å². The first-order valence-electron chi connectivity index (χ1n) is 33.3. The van der Waals surface area contributed by atoms with Crippen LogP contribution in [0.4, 0.5) is 0 Å². The molecule has 3 fully saturated rings. The molecule has 1 aliphatic heterocycles. The molecule has 462 valence electrons. The number of hydrogen-bond donors (Lipinski definition) is 1. The largest absolute Gasteiger partial charge is 0.462 e. The van der Waals surface area contributed by atoms with Crippen molar-refractivity contribution in [3.63, 3.8) is 0 Å². The minimum atomic E-state index is -1.13. The highest BCUT2D eigenvalue weighted by Crippen LogP contribution is 2.67. The molecule has 1 saturated heterocycles. The van der Waals surface area contributed by atoms with Gasteiger partial charge in [0.15, 0.2) is 5.78 Å². The number of carbonyl (C=O) groups excluding carboxylic acids is 3. The highest BCUT2D eigenvalue weighted by molar-refractivity contribution is 5.96. The van der Waals surface area contributed by atoms with Crippen molar-refractivity contribution in [3.05, 3.63) is 113 Å². The molecule has 5 atom stereocenters. The van der Waals surface area contributed by atoms with Gasteiger partial charge >= 0.3 is 11.9 Å². The number of epoxide rings is 1. The van der Waals surface area contributed by atoms with Crippen LogP contribution in [0.25, 0.3) is 0 Å². The lowest BCUT2D eigenvalue weighted by atomic mass is 9.61. The van der Waals surface area contributed by atoms with Crippen LogP contribution in [0.2, 0.25) is 0 Å². The average Bonchev–Trinajstić information content (AvgIpc) is 3.50. The quantitative estimate of drug-likeness (QED) is 0.0124. The lowest BCUT2D eigenvalue weighted by Crippen LogP contribution is -2.49. The van der Waals surface area contributed by atoms with Gasteiger partial charge in [-0.15, -0.1) is 5.73 Å². The summed E-state index contributed by atoms with van der Waals surface area (Å²) >= 11 is 0. The van der Waals surface area contributed by atoms with Gasteiger partial charge in [0.2, 0.25) is 0 Å². The SMILES string of the molecule is CCCCCCCC/C=C\CCCCCCCC(=O)O[C@H]1CC(C)(C)[C@]2(CC(=O)/C(C)=C/C=C/C(C)=C/C=C/C=C(C)/C=C/C=C(\C)C=C=C3C(C)(C)C[C@H](OC(=O)CCCCCCCCCCCCCCCC)C[C@@]3(C)O)O[C@]2(C)C1. The smallest absolute Gasteiger partial charge is 0.306 e. The Labute approximate surface area is 502 Å². The van der Waals surface area contributed by atoms with Gasteiger partial charge in [0.1, 0.15) is 17.8 Å². The summed E-state index contributed by atoms with van der Waals surface area (Å²) in [6.45, 7) is 25.0. The van der Waals surface area contributed by atoms with Crippen molar-refractivity contribution in [1.82, 2.24) is 0 Å². The predicted molar refractivity (Wildman–Crippen MR) is 347 cm³/mol. The Morgan fingerprint density at radius 2 is 0.939 bits per heavy atom. The Balaban J connectivity index is 1.35. The molecular formula is C75H120O7. The average molecular weight is 1130 g/mol. The molecule has 0 aromatic heterocycles. The normalized spacial score (nSPS) is 23.9. The number of esters is 2. The molecule has 0 spiro atoms. The van der Waals surface area contributed by atoms with Gasteiger partial charge in [0.05, 0.1) is 11.2 Å². The number of ether oxygens (including phenoxy) is 3. The minimum absolute atomic E-state index is 0.0785. The molecule has 0 bridgehead atoms. The van der Waals surface area contributed by atoms with Crippen LogP contribution in [0.3, 0.4) is 0 Å².